The van der Waals surface area contributed by atoms with Gasteiger partial charge in [0, 0.05) is 5.41 Å². The number of carbonyl (C=O) groups is 2. The molecule has 0 saturated heterocycles. The molecule has 202 valence electrons. The van der Waals surface area contributed by atoms with E-state index in [1.54, 1.807) is 30.3 Å². The Labute approximate surface area is 224 Å². The highest BCUT2D eigenvalue weighted by atomic mass is 16.6. The molecular weight excluding hydrogens is 480 g/mol. The van der Waals surface area contributed by atoms with E-state index in [1.165, 1.54) is 5.57 Å². The molecule has 0 spiro atoms. The summed E-state index contributed by atoms with van der Waals surface area (Å²) in [5.74, 6) is 2.69. The molecule has 7 atom stereocenters. The molecule has 0 bridgehead atoms. The van der Waals surface area contributed by atoms with Gasteiger partial charge < -0.3 is 20.4 Å². The average Bonchev–Trinajstić information content (AvgIpc) is 3.18. The van der Waals surface area contributed by atoms with Gasteiger partial charge in [-0.1, -0.05) is 60.8 Å². The number of carboxylic acid groups (broad SMARTS) is 1. The summed E-state index contributed by atoms with van der Waals surface area (Å²) in [5.41, 5.74) is 1.64. The van der Waals surface area contributed by atoms with Gasteiger partial charge in [-0.3, -0.25) is 4.79 Å². The molecule has 38 heavy (non-hydrogen) atoms. The minimum Gasteiger partial charge on any atom is -0.479 e. The number of carboxylic acids is 1. The van der Waals surface area contributed by atoms with Gasteiger partial charge in [-0.05, 0) is 86.2 Å². The van der Waals surface area contributed by atoms with E-state index in [0.717, 1.165) is 50.7 Å². The van der Waals surface area contributed by atoms with E-state index >= 15 is 0 Å². The fourth-order valence-electron chi connectivity index (χ4n) is 8.21. The first-order chi connectivity index (χ1) is 18.1. The smallest absolute Gasteiger partial charge is 0.330 e. The third kappa shape index (κ3) is 4.33. The van der Waals surface area contributed by atoms with Crippen LogP contribution in [0.2, 0.25) is 0 Å². The van der Waals surface area contributed by atoms with Crippen molar-refractivity contribution >= 4 is 17.6 Å². The number of allylic oxidation sites excluding steroid dienone is 2. The highest BCUT2D eigenvalue weighted by Gasteiger charge is 2.63. The van der Waals surface area contributed by atoms with Crippen molar-refractivity contribution in [3.8, 4) is 12.3 Å². The van der Waals surface area contributed by atoms with Crippen LogP contribution in [0.5, 0.6) is 0 Å². The third-order valence-corrected chi connectivity index (χ3v) is 10.4. The monoisotopic (exact) mass is 518 g/mol. The molecular formula is C31H38N2O5. The second-order valence-electron chi connectivity index (χ2n) is 12.1. The van der Waals surface area contributed by atoms with Crippen LogP contribution in [-0.4, -0.2) is 40.0 Å². The van der Waals surface area contributed by atoms with Crippen molar-refractivity contribution in [1.29, 1.82) is 0 Å². The quantitative estimate of drug-likeness (QED) is 0.376. The molecule has 3 saturated carbocycles. The Morgan fingerprint density at radius 2 is 1.87 bits per heavy atom. The lowest BCUT2D eigenvalue weighted by molar-refractivity contribution is -0.142. The van der Waals surface area contributed by atoms with Crippen LogP contribution < -0.4 is 5.32 Å². The van der Waals surface area contributed by atoms with Gasteiger partial charge in [0.25, 0.3) is 5.91 Å². The summed E-state index contributed by atoms with van der Waals surface area (Å²) in [6, 6.07) is 7.44. The molecule has 1 aromatic rings. The Hall–Kier alpha value is -3.11. The Balaban J connectivity index is 1.22. The van der Waals surface area contributed by atoms with Gasteiger partial charge in [-0.15, -0.1) is 6.42 Å². The Morgan fingerprint density at radius 3 is 2.58 bits per heavy atom. The second-order valence-corrected chi connectivity index (χ2v) is 12.1. The summed E-state index contributed by atoms with van der Waals surface area (Å²) in [6.07, 6.45) is 15.5. The van der Waals surface area contributed by atoms with Crippen LogP contribution in [0.1, 0.15) is 76.8 Å². The zero-order valence-electron chi connectivity index (χ0n) is 22.3. The van der Waals surface area contributed by atoms with Gasteiger partial charge in [0.2, 0.25) is 0 Å². The van der Waals surface area contributed by atoms with Crippen molar-refractivity contribution in [3.05, 3.63) is 47.5 Å². The molecule has 1 amide bonds. The maximum absolute atomic E-state index is 12.4. The Kier molecular flexibility index (Phi) is 6.89. The zero-order valence-corrected chi connectivity index (χ0v) is 22.3. The molecule has 0 radical (unpaired) electrons. The van der Waals surface area contributed by atoms with Crippen LogP contribution in [0.25, 0.3) is 0 Å². The van der Waals surface area contributed by atoms with Gasteiger partial charge in [0.15, 0.2) is 12.6 Å². The fraction of sp³-hybridized carbons (Fsp3) is 0.581. The number of amides is 1. The first-order valence-electron chi connectivity index (χ1n) is 13.8. The largest absolute Gasteiger partial charge is 0.479 e. The lowest BCUT2D eigenvalue weighted by Crippen LogP contribution is -2.54. The number of benzene rings is 1. The van der Waals surface area contributed by atoms with Crippen molar-refractivity contribution in [3.63, 3.8) is 0 Å². The Bertz CT molecular complexity index is 1200. The fourth-order valence-corrected chi connectivity index (χ4v) is 8.21. The van der Waals surface area contributed by atoms with Crippen LogP contribution in [-0.2, 0) is 14.4 Å². The van der Waals surface area contributed by atoms with Gasteiger partial charge in [0.05, 0.1) is 5.71 Å². The van der Waals surface area contributed by atoms with E-state index in [1.807, 2.05) is 0 Å². The Morgan fingerprint density at radius 1 is 1.13 bits per heavy atom. The number of hydrogen-bond acceptors (Lipinski definition) is 5. The van der Waals surface area contributed by atoms with Crippen LogP contribution in [0.15, 0.2) is 47.1 Å². The molecule has 0 aromatic heterocycles. The number of carbonyl (C=O) groups excluding carboxylic acids is 1. The first-order valence-corrected chi connectivity index (χ1v) is 13.8. The molecule has 7 nitrogen and oxygen atoms in total. The molecule has 3 fully saturated rings. The van der Waals surface area contributed by atoms with Crippen LogP contribution >= 0.6 is 0 Å². The van der Waals surface area contributed by atoms with Gasteiger partial charge >= 0.3 is 5.97 Å². The van der Waals surface area contributed by atoms with Crippen molar-refractivity contribution in [2.75, 3.05) is 6.61 Å². The third-order valence-electron chi connectivity index (χ3n) is 10.4. The highest BCUT2D eigenvalue weighted by molar-refractivity contribution is 5.96. The number of fused-ring (bicyclic) bond motifs is 5. The van der Waals surface area contributed by atoms with Crippen LogP contribution in [0.4, 0.5) is 0 Å². The molecule has 4 aliphatic carbocycles. The predicted octanol–water partition coefficient (Wildman–Crippen LogP) is 4.63. The number of hydrogen-bond donors (Lipinski definition) is 3. The molecule has 7 heteroatoms. The van der Waals surface area contributed by atoms with Gasteiger partial charge in [-0.25, -0.2) is 4.79 Å². The maximum atomic E-state index is 12.4. The predicted molar refractivity (Wildman–Crippen MR) is 144 cm³/mol. The molecule has 5 rings (SSSR count). The number of aliphatic hydroxyl groups is 1. The number of oxime groups is 1. The number of nitrogens with one attached hydrogen (secondary N) is 1. The van der Waals surface area contributed by atoms with Crippen molar-refractivity contribution in [2.24, 2.45) is 33.7 Å². The van der Waals surface area contributed by atoms with E-state index in [9.17, 15) is 19.8 Å². The molecule has 0 heterocycles. The number of rotatable bonds is 6. The summed E-state index contributed by atoms with van der Waals surface area (Å²) >= 11 is 0. The van der Waals surface area contributed by atoms with E-state index < -0.39 is 23.5 Å². The number of terminal acetylenes is 1. The van der Waals surface area contributed by atoms with E-state index in [-0.39, 0.29) is 17.4 Å². The van der Waals surface area contributed by atoms with Crippen molar-refractivity contribution in [2.45, 2.75) is 76.9 Å². The van der Waals surface area contributed by atoms with Gasteiger partial charge in [-0.2, -0.15) is 0 Å². The number of aliphatic carboxylic acids is 1. The summed E-state index contributed by atoms with van der Waals surface area (Å²) in [7, 11) is 0. The first kappa shape index (κ1) is 26.5. The second kappa shape index (κ2) is 9.89. The van der Waals surface area contributed by atoms with Crippen molar-refractivity contribution in [1.82, 2.24) is 5.32 Å². The lowest BCUT2D eigenvalue weighted by Gasteiger charge is -2.58. The molecule has 3 N–H and O–H groups in total. The van der Waals surface area contributed by atoms with Crippen LogP contribution in [0.3, 0.4) is 0 Å². The summed E-state index contributed by atoms with van der Waals surface area (Å²) in [5, 5.41) is 27.5. The summed E-state index contributed by atoms with van der Waals surface area (Å²) in [4.78, 5) is 29.4. The highest BCUT2D eigenvalue weighted by Crippen LogP contribution is 2.67. The minimum absolute atomic E-state index is 0.0991. The SMILES string of the molecule is C#C[C@@]1(O)CC[C@@H]2[C@H]3CCC4=CC(=NOCC(=O)N[C@@H](C(=O)O)c5ccccc5)CC[C@]4(C)[C@H]3CC[C@]21C. The lowest BCUT2D eigenvalue weighted by atomic mass is 9.46. The normalized spacial score (nSPS) is 37.6. The van der Waals surface area contributed by atoms with E-state index in [4.69, 9.17) is 11.3 Å². The summed E-state index contributed by atoms with van der Waals surface area (Å²) < 4.78 is 0. The maximum Gasteiger partial charge on any atom is 0.330 e. The molecule has 1 aromatic carbocycles. The molecule has 4 aliphatic rings. The topological polar surface area (TPSA) is 108 Å². The molecule has 0 unspecified atom stereocenters. The standard InChI is InChI=1S/C31H38N2O5/c1-4-31(37)17-14-25-23-11-10-21-18-22(12-15-29(21,2)24(23)13-16-30(25,31)3)33-38-19-26(34)32-27(28(35)36)20-8-6-5-7-9-20/h1,5-9,18,23-25,27,37H,10-17,19H2,2-3H3,(H,32,34)(H,35,36)/t23-,24-,25+,27+,29-,30+,31+/m0/s1. The zero-order chi connectivity index (χ0) is 27.1. The average molecular weight is 519 g/mol. The summed E-state index contributed by atoms with van der Waals surface area (Å²) in [6.45, 7) is 4.26. The minimum atomic E-state index is -1.14. The molecule has 0 aliphatic heterocycles. The van der Waals surface area contributed by atoms with Crippen molar-refractivity contribution < 1.29 is 24.6 Å². The van der Waals surface area contributed by atoms with Gasteiger partial charge in [0.1, 0.15) is 5.60 Å². The van der Waals surface area contributed by atoms with E-state index in [2.05, 4.69) is 36.3 Å². The van der Waals surface area contributed by atoms with E-state index in [0.29, 0.717) is 29.7 Å². The number of nitrogens with zero attached hydrogens (tertiary/aromatic N) is 1. The van der Waals surface area contributed by atoms with Crippen LogP contribution in [0, 0.1) is 40.9 Å².